The molecule has 0 aromatic heterocycles. The van der Waals surface area contributed by atoms with Crippen LogP contribution < -0.4 is 5.48 Å². The van der Waals surface area contributed by atoms with Crippen LogP contribution in [-0.4, -0.2) is 11.6 Å². The lowest BCUT2D eigenvalue weighted by Gasteiger charge is -1.97. The number of hydrogen-bond donors (Lipinski definition) is 1. The summed E-state index contributed by atoms with van der Waals surface area (Å²) in [5.74, 6) is -0.176. The fourth-order valence-electron chi connectivity index (χ4n) is 0.237. The van der Waals surface area contributed by atoms with Crippen LogP contribution in [0.2, 0.25) is 0 Å². The molecule has 0 aliphatic rings. The van der Waals surface area contributed by atoms with Gasteiger partial charge in [-0.25, -0.2) is 0 Å². The molecular weight excluding hydrogens is 132 g/mol. The Bertz CT molecular complexity index is 139. The predicted octanol–water partition coefficient (Wildman–Crippen LogP) is 0.840. The molecule has 1 amide bonds. The number of carbonyl (C=O) groups is 1. The Morgan fingerprint density at radius 2 is 2.20 bits per heavy atom. The average molecular weight is 144 g/mol. The lowest BCUT2D eigenvalue weighted by molar-refractivity contribution is -0.133. The maximum atomic E-state index is 10.5. The summed E-state index contributed by atoms with van der Waals surface area (Å²) in [6.45, 7) is 5.29. The molecule has 4 heteroatoms. The summed E-state index contributed by atoms with van der Waals surface area (Å²) in [6.07, 6.45) is 0.401. The van der Waals surface area contributed by atoms with E-state index < -0.39 is 0 Å². The van der Waals surface area contributed by atoms with Crippen molar-refractivity contribution in [3.8, 4) is 0 Å². The van der Waals surface area contributed by atoms with Gasteiger partial charge in [-0.15, -0.1) is 0 Å². The molecule has 0 fully saturated rings. The molecule has 0 aromatic carbocycles. The normalized spacial score (nSPS) is 8.30. The maximum Gasteiger partial charge on any atom is 0.254 e. The Balaban J connectivity index is 3.37. The van der Waals surface area contributed by atoms with E-state index in [-0.39, 0.29) is 5.91 Å². The number of hydroxylamine groups is 1. The number of amides is 1. The molecule has 0 saturated carbocycles. The Hall–Kier alpha value is -1.06. The topological polar surface area (TPSA) is 50.7 Å². The highest BCUT2D eigenvalue weighted by molar-refractivity contribution is 5.78. The number of carbonyl (C=O) groups excluding carboxylic acids is 1. The van der Waals surface area contributed by atoms with Gasteiger partial charge in [0, 0.05) is 6.42 Å². The second kappa shape index (κ2) is 4.78. The van der Waals surface area contributed by atoms with Gasteiger partial charge in [-0.1, -0.05) is 12.1 Å². The van der Waals surface area contributed by atoms with Gasteiger partial charge in [0.25, 0.3) is 5.91 Å². The lowest BCUT2D eigenvalue weighted by Crippen LogP contribution is -2.20. The predicted molar refractivity (Wildman–Crippen MR) is 38.3 cm³/mol. The van der Waals surface area contributed by atoms with Crippen molar-refractivity contribution in [3.63, 3.8) is 0 Å². The summed E-state index contributed by atoms with van der Waals surface area (Å²) in [4.78, 5) is 14.9. The zero-order chi connectivity index (χ0) is 7.98. The van der Waals surface area contributed by atoms with E-state index in [4.69, 9.17) is 0 Å². The molecule has 0 unspecified atom stereocenters. The van der Waals surface area contributed by atoms with Crippen molar-refractivity contribution in [1.82, 2.24) is 5.48 Å². The molecule has 0 spiro atoms. The van der Waals surface area contributed by atoms with Gasteiger partial charge in [0.2, 0.25) is 0 Å². The van der Waals surface area contributed by atoms with E-state index in [1.165, 1.54) is 0 Å². The van der Waals surface area contributed by atoms with Gasteiger partial charge in [0.1, 0.15) is 0 Å². The van der Waals surface area contributed by atoms with Gasteiger partial charge < -0.3 is 0 Å². The molecule has 58 valence electrons. The third-order valence-corrected chi connectivity index (χ3v) is 0.709. The van der Waals surface area contributed by atoms with E-state index in [1.54, 1.807) is 20.8 Å². The van der Waals surface area contributed by atoms with Gasteiger partial charge in [0.15, 0.2) is 0 Å². The molecule has 0 aliphatic carbocycles. The smallest absolute Gasteiger partial charge is 0.254 e. The summed E-state index contributed by atoms with van der Waals surface area (Å²) < 4.78 is 0. The van der Waals surface area contributed by atoms with Crippen LogP contribution in [0.5, 0.6) is 0 Å². The molecule has 0 aliphatic heterocycles. The summed E-state index contributed by atoms with van der Waals surface area (Å²) >= 11 is 0. The Morgan fingerprint density at radius 3 is 2.60 bits per heavy atom. The highest BCUT2D eigenvalue weighted by atomic mass is 16.8. The zero-order valence-electron chi connectivity index (χ0n) is 6.47. The SMILES string of the molecule is CCC(=O)NON=C(C)C. The van der Waals surface area contributed by atoms with Crippen molar-refractivity contribution >= 4 is 11.6 Å². The van der Waals surface area contributed by atoms with Crippen LogP contribution >= 0.6 is 0 Å². The fourth-order valence-corrected chi connectivity index (χ4v) is 0.237. The van der Waals surface area contributed by atoms with E-state index in [9.17, 15) is 4.79 Å². The second-order valence-corrected chi connectivity index (χ2v) is 2.01. The van der Waals surface area contributed by atoms with E-state index >= 15 is 0 Å². The first-order valence-electron chi connectivity index (χ1n) is 3.13. The highest BCUT2D eigenvalue weighted by Gasteiger charge is 1.92. The van der Waals surface area contributed by atoms with Crippen molar-refractivity contribution in [2.45, 2.75) is 27.2 Å². The molecule has 0 rings (SSSR count). The quantitative estimate of drug-likeness (QED) is 0.471. The van der Waals surface area contributed by atoms with Crippen LogP contribution in [0.15, 0.2) is 5.16 Å². The van der Waals surface area contributed by atoms with E-state index in [0.717, 1.165) is 5.71 Å². The van der Waals surface area contributed by atoms with E-state index in [2.05, 4.69) is 15.6 Å². The third-order valence-electron chi connectivity index (χ3n) is 0.709. The van der Waals surface area contributed by atoms with E-state index in [1.807, 2.05) is 0 Å². The van der Waals surface area contributed by atoms with Crippen LogP contribution in [0.4, 0.5) is 0 Å². The van der Waals surface area contributed by atoms with Crippen molar-refractivity contribution in [1.29, 1.82) is 0 Å². The molecule has 1 N–H and O–H groups in total. The number of oxime groups is 1. The molecule has 4 nitrogen and oxygen atoms in total. The number of hydrogen-bond acceptors (Lipinski definition) is 3. The lowest BCUT2D eigenvalue weighted by atomic mass is 10.5. The van der Waals surface area contributed by atoms with Crippen LogP contribution in [-0.2, 0) is 9.73 Å². The van der Waals surface area contributed by atoms with Crippen LogP contribution in [0.25, 0.3) is 0 Å². The first-order chi connectivity index (χ1) is 4.66. The first-order valence-corrected chi connectivity index (χ1v) is 3.13. The van der Waals surface area contributed by atoms with Gasteiger partial charge in [-0.05, 0) is 13.8 Å². The van der Waals surface area contributed by atoms with Gasteiger partial charge >= 0.3 is 0 Å². The first kappa shape index (κ1) is 8.94. The van der Waals surface area contributed by atoms with Crippen molar-refractivity contribution in [2.75, 3.05) is 0 Å². The highest BCUT2D eigenvalue weighted by Crippen LogP contribution is 1.78. The average Bonchev–Trinajstić information content (AvgIpc) is 1.87. The number of nitrogens with zero attached hydrogens (tertiary/aromatic N) is 1. The minimum atomic E-state index is -0.176. The van der Waals surface area contributed by atoms with Gasteiger partial charge in [-0.2, -0.15) is 5.48 Å². The Morgan fingerprint density at radius 1 is 1.60 bits per heavy atom. The summed E-state index contributed by atoms with van der Waals surface area (Å²) in [7, 11) is 0. The molecule has 0 atom stereocenters. The number of nitrogens with one attached hydrogen (secondary N) is 1. The van der Waals surface area contributed by atoms with Gasteiger partial charge in [0.05, 0.1) is 5.71 Å². The zero-order valence-corrected chi connectivity index (χ0v) is 6.47. The monoisotopic (exact) mass is 144 g/mol. The largest absolute Gasteiger partial charge is 0.272 e. The minimum Gasteiger partial charge on any atom is -0.272 e. The van der Waals surface area contributed by atoms with Crippen molar-refractivity contribution in [2.24, 2.45) is 5.16 Å². The Labute approximate surface area is 60.2 Å². The summed E-state index contributed by atoms with van der Waals surface area (Å²) in [6, 6.07) is 0. The molecule has 0 heterocycles. The van der Waals surface area contributed by atoms with Crippen molar-refractivity contribution in [3.05, 3.63) is 0 Å². The maximum absolute atomic E-state index is 10.5. The van der Waals surface area contributed by atoms with E-state index in [0.29, 0.717) is 6.42 Å². The molecule has 0 bridgehead atoms. The minimum absolute atomic E-state index is 0.176. The van der Waals surface area contributed by atoms with Gasteiger partial charge in [-0.3, -0.25) is 9.73 Å². The molecule has 0 aromatic rings. The molecular formula is C6H12N2O2. The number of rotatable bonds is 3. The summed E-state index contributed by atoms with van der Waals surface area (Å²) in [5.41, 5.74) is 2.90. The molecule has 0 saturated heterocycles. The third kappa shape index (κ3) is 5.08. The Kier molecular flexibility index (Phi) is 4.28. The standard InChI is InChI=1S/C6H12N2O2/c1-4-6(9)8-10-7-5(2)3/h4H2,1-3H3,(H,8,9). The molecule has 10 heavy (non-hydrogen) atoms. The van der Waals surface area contributed by atoms with Crippen LogP contribution in [0, 0.1) is 0 Å². The summed E-state index contributed by atoms with van der Waals surface area (Å²) in [5, 5.41) is 3.50. The fraction of sp³-hybridized carbons (Fsp3) is 0.667. The second-order valence-electron chi connectivity index (χ2n) is 2.01. The molecule has 0 radical (unpaired) electrons. The van der Waals surface area contributed by atoms with Crippen LogP contribution in [0.3, 0.4) is 0 Å². The van der Waals surface area contributed by atoms with Crippen LogP contribution in [0.1, 0.15) is 27.2 Å². The van der Waals surface area contributed by atoms with Crippen molar-refractivity contribution < 1.29 is 9.73 Å².